The molecule has 4 rings (SSSR count). The van der Waals surface area contributed by atoms with Crippen molar-refractivity contribution in [2.45, 2.75) is 31.2 Å². The molecule has 1 aliphatic rings. The first-order chi connectivity index (χ1) is 18.8. The lowest BCUT2D eigenvalue weighted by Crippen LogP contribution is -2.60. The largest absolute Gasteiger partial charge is 0.493 e. The van der Waals surface area contributed by atoms with Crippen LogP contribution in [0.25, 0.3) is 11.3 Å². The number of nitrogens with one attached hydrogen (secondary N) is 1. The summed E-state index contributed by atoms with van der Waals surface area (Å²) in [6.45, 7) is 3.70. The lowest BCUT2D eigenvalue weighted by Gasteiger charge is -2.46. The summed E-state index contributed by atoms with van der Waals surface area (Å²) in [7, 11) is 7.30. The molecule has 2 heterocycles. The van der Waals surface area contributed by atoms with Crippen molar-refractivity contribution < 1.29 is 33.3 Å². The molecule has 0 amide bonds. The van der Waals surface area contributed by atoms with Gasteiger partial charge in [-0.1, -0.05) is 30.3 Å². The van der Waals surface area contributed by atoms with Crippen molar-refractivity contribution in [3.05, 3.63) is 69.7 Å². The third-order valence-corrected chi connectivity index (χ3v) is 8.14. The number of allylic oxidation sites excluding steroid dienone is 1. The fourth-order valence-electron chi connectivity index (χ4n) is 5.35. The molecule has 9 nitrogen and oxygen atoms in total. The number of esters is 2. The predicted molar refractivity (Wildman–Crippen MR) is 147 cm³/mol. The second-order valence-electron chi connectivity index (χ2n) is 9.05. The highest BCUT2D eigenvalue weighted by Gasteiger charge is 2.60. The van der Waals surface area contributed by atoms with E-state index in [1.807, 2.05) is 49.6 Å². The SMILES string of the molecule is COC(=O)C1=C(C)NC(C)C(C(=O)OC)(c2nc(-c3cc(OC)c(OC)c(OC)c3)cs2)C1c1ccccc1. The molecule has 0 spiro atoms. The number of nitrogens with zero attached hydrogens (tertiary/aromatic N) is 1. The third-order valence-electron chi connectivity index (χ3n) is 7.14. The summed E-state index contributed by atoms with van der Waals surface area (Å²) in [5, 5.41) is 5.68. The van der Waals surface area contributed by atoms with Crippen LogP contribution in [0.4, 0.5) is 0 Å². The molecule has 3 atom stereocenters. The summed E-state index contributed by atoms with van der Waals surface area (Å²) in [5.74, 6) is -0.362. The van der Waals surface area contributed by atoms with E-state index < -0.39 is 29.3 Å². The first-order valence-electron chi connectivity index (χ1n) is 12.2. The second-order valence-corrected chi connectivity index (χ2v) is 9.91. The van der Waals surface area contributed by atoms with E-state index in [9.17, 15) is 9.59 Å². The van der Waals surface area contributed by atoms with Gasteiger partial charge in [-0.05, 0) is 31.5 Å². The van der Waals surface area contributed by atoms with Gasteiger partial charge in [-0.25, -0.2) is 9.78 Å². The van der Waals surface area contributed by atoms with Gasteiger partial charge in [0.2, 0.25) is 5.75 Å². The summed E-state index contributed by atoms with van der Waals surface area (Å²) >= 11 is 1.32. The highest BCUT2D eigenvalue weighted by Crippen LogP contribution is 2.52. The Balaban J connectivity index is 1.99. The summed E-state index contributed by atoms with van der Waals surface area (Å²) in [6, 6.07) is 12.5. The zero-order chi connectivity index (χ0) is 28.3. The van der Waals surface area contributed by atoms with Crippen LogP contribution in [-0.4, -0.2) is 58.5 Å². The maximum absolute atomic E-state index is 13.9. The van der Waals surface area contributed by atoms with E-state index in [1.54, 1.807) is 26.4 Å². The molecular formula is C29H32N2O7S. The quantitative estimate of drug-likeness (QED) is 0.405. The molecule has 1 aromatic heterocycles. The van der Waals surface area contributed by atoms with Gasteiger partial charge < -0.3 is 29.0 Å². The Bertz CT molecular complexity index is 1380. The summed E-state index contributed by atoms with van der Waals surface area (Å²) in [6.07, 6.45) is 0. The molecule has 2 aromatic carbocycles. The zero-order valence-electron chi connectivity index (χ0n) is 23.0. The van der Waals surface area contributed by atoms with E-state index in [1.165, 1.54) is 32.7 Å². The van der Waals surface area contributed by atoms with Crippen LogP contribution in [0.2, 0.25) is 0 Å². The maximum atomic E-state index is 13.9. The molecule has 39 heavy (non-hydrogen) atoms. The number of thiazole rings is 1. The molecule has 0 saturated carbocycles. The van der Waals surface area contributed by atoms with Gasteiger partial charge in [0.1, 0.15) is 5.01 Å². The van der Waals surface area contributed by atoms with Crippen LogP contribution in [0, 0.1) is 0 Å². The van der Waals surface area contributed by atoms with Gasteiger partial charge in [0.15, 0.2) is 16.9 Å². The van der Waals surface area contributed by atoms with Crippen LogP contribution in [0.3, 0.4) is 0 Å². The Morgan fingerprint density at radius 3 is 2.13 bits per heavy atom. The van der Waals surface area contributed by atoms with Gasteiger partial charge in [-0.2, -0.15) is 0 Å². The van der Waals surface area contributed by atoms with Gasteiger partial charge in [-0.3, -0.25) is 4.79 Å². The minimum absolute atomic E-state index is 0.344. The molecule has 3 aromatic rings. The normalized spacial score (nSPS) is 20.6. The van der Waals surface area contributed by atoms with Crippen LogP contribution in [0.5, 0.6) is 17.2 Å². The van der Waals surface area contributed by atoms with E-state index in [-0.39, 0.29) is 0 Å². The number of rotatable bonds is 8. The Morgan fingerprint density at radius 2 is 1.59 bits per heavy atom. The third kappa shape index (κ3) is 4.58. The van der Waals surface area contributed by atoms with Crippen molar-refractivity contribution in [2.75, 3.05) is 35.5 Å². The summed E-state index contributed by atoms with van der Waals surface area (Å²) in [4.78, 5) is 32.1. The van der Waals surface area contributed by atoms with Crippen LogP contribution in [0.1, 0.15) is 30.3 Å². The Hall–Kier alpha value is -4.05. The minimum atomic E-state index is -1.39. The van der Waals surface area contributed by atoms with Gasteiger partial charge >= 0.3 is 11.9 Å². The molecule has 0 bridgehead atoms. The van der Waals surface area contributed by atoms with Crippen molar-refractivity contribution in [2.24, 2.45) is 0 Å². The number of carbonyl (C=O) groups excluding carboxylic acids is 2. The van der Waals surface area contributed by atoms with E-state index >= 15 is 0 Å². The average molecular weight is 553 g/mol. The van der Waals surface area contributed by atoms with Crippen molar-refractivity contribution in [3.63, 3.8) is 0 Å². The second kappa shape index (κ2) is 11.4. The molecule has 1 N–H and O–H groups in total. The fraction of sp³-hybridized carbons (Fsp3) is 0.345. The van der Waals surface area contributed by atoms with Crippen LogP contribution in [-0.2, 0) is 24.5 Å². The highest BCUT2D eigenvalue weighted by atomic mass is 32.1. The van der Waals surface area contributed by atoms with Crippen LogP contribution in [0.15, 0.2) is 59.1 Å². The monoisotopic (exact) mass is 552 g/mol. The summed E-state index contributed by atoms with van der Waals surface area (Å²) < 4.78 is 27.1. The molecule has 206 valence electrons. The number of benzene rings is 2. The molecule has 0 fully saturated rings. The van der Waals surface area contributed by atoms with Gasteiger partial charge in [0, 0.05) is 28.6 Å². The van der Waals surface area contributed by atoms with Crippen LogP contribution >= 0.6 is 11.3 Å². The van der Waals surface area contributed by atoms with Crippen molar-refractivity contribution >= 4 is 23.3 Å². The minimum Gasteiger partial charge on any atom is -0.493 e. The number of hydrogen-bond donors (Lipinski definition) is 1. The maximum Gasteiger partial charge on any atom is 0.336 e. The van der Waals surface area contributed by atoms with E-state index in [0.29, 0.717) is 44.8 Å². The van der Waals surface area contributed by atoms with Gasteiger partial charge in [0.25, 0.3) is 0 Å². The lowest BCUT2D eigenvalue weighted by atomic mass is 9.62. The Morgan fingerprint density at radius 1 is 0.949 bits per heavy atom. The van der Waals surface area contributed by atoms with Crippen molar-refractivity contribution in [3.8, 4) is 28.5 Å². The Labute approximate surface area is 231 Å². The van der Waals surface area contributed by atoms with Gasteiger partial charge in [-0.15, -0.1) is 11.3 Å². The highest BCUT2D eigenvalue weighted by molar-refractivity contribution is 7.10. The van der Waals surface area contributed by atoms with Crippen LogP contribution < -0.4 is 19.5 Å². The molecule has 10 heteroatoms. The summed E-state index contributed by atoms with van der Waals surface area (Å²) in [5.41, 5.74) is 1.66. The van der Waals surface area contributed by atoms with E-state index in [2.05, 4.69) is 5.32 Å². The van der Waals surface area contributed by atoms with Crippen molar-refractivity contribution in [1.29, 1.82) is 0 Å². The number of carbonyl (C=O) groups is 2. The molecule has 0 saturated heterocycles. The molecule has 3 unspecified atom stereocenters. The zero-order valence-corrected chi connectivity index (χ0v) is 23.8. The Kier molecular flexibility index (Phi) is 8.15. The number of aromatic nitrogens is 1. The molecule has 0 aliphatic carbocycles. The topological polar surface area (TPSA) is 105 Å². The fourth-order valence-corrected chi connectivity index (χ4v) is 6.49. The smallest absolute Gasteiger partial charge is 0.336 e. The standard InChI is InChI=1S/C29H32N2O7S/c1-16-23(26(32)37-6)24(18-11-9-8-10-12-18)29(17(2)30-16,28(33)38-7)27-31-20(15-39-27)19-13-21(34-3)25(36-5)22(14-19)35-4/h8-15,17,24,30H,1-7H3. The van der Waals surface area contributed by atoms with Gasteiger partial charge in [0.05, 0.1) is 46.8 Å². The lowest BCUT2D eigenvalue weighted by molar-refractivity contribution is -0.150. The number of hydrogen-bond acceptors (Lipinski definition) is 10. The number of ether oxygens (including phenoxy) is 5. The first kappa shape index (κ1) is 28.0. The number of methoxy groups -OCH3 is 5. The van der Waals surface area contributed by atoms with E-state index in [0.717, 1.165) is 5.56 Å². The molecular weight excluding hydrogens is 520 g/mol. The first-order valence-corrected chi connectivity index (χ1v) is 13.1. The molecule has 1 aliphatic heterocycles. The molecule has 0 radical (unpaired) electrons. The van der Waals surface area contributed by atoms with Crippen molar-refractivity contribution in [1.82, 2.24) is 10.3 Å². The average Bonchev–Trinajstić information content (AvgIpc) is 3.46. The predicted octanol–water partition coefficient (Wildman–Crippen LogP) is 4.47. The van der Waals surface area contributed by atoms with E-state index in [4.69, 9.17) is 28.7 Å².